The number of nitrogens with one attached hydrogen (secondary N) is 1. The molecule has 0 saturated heterocycles. The first-order valence-electron chi connectivity index (χ1n) is 6.83. The molecule has 1 saturated carbocycles. The first kappa shape index (κ1) is 15.6. The number of carbonyl (C=O) groups excluding carboxylic acids is 1. The van der Waals surface area contributed by atoms with Gasteiger partial charge in [0, 0.05) is 6.20 Å². The molecule has 1 aromatic heterocycles. The maximum Gasteiger partial charge on any atom is 0.326 e. The predicted octanol–water partition coefficient (Wildman–Crippen LogP) is 2.12. The van der Waals surface area contributed by atoms with Gasteiger partial charge in [-0.05, 0) is 31.2 Å². The summed E-state index contributed by atoms with van der Waals surface area (Å²) >= 11 is 6.03. The summed E-state index contributed by atoms with van der Waals surface area (Å²) in [5.41, 5.74) is 0.207. The number of pyridine rings is 1. The van der Waals surface area contributed by atoms with Crippen LogP contribution in [0.4, 0.5) is 0 Å². The molecule has 1 fully saturated rings. The number of carboxylic acid groups (broad SMARTS) is 1. The number of carbonyl (C=O) groups is 2. The minimum Gasteiger partial charge on any atom is -0.480 e. The third-order valence-corrected chi connectivity index (χ3v) is 3.50. The summed E-state index contributed by atoms with van der Waals surface area (Å²) in [6.45, 7) is 2.26. The van der Waals surface area contributed by atoms with Crippen molar-refractivity contribution in [2.45, 2.75) is 32.2 Å². The lowest BCUT2D eigenvalue weighted by Gasteiger charge is -2.12. The van der Waals surface area contributed by atoms with Crippen LogP contribution in [0.3, 0.4) is 0 Å². The minimum absolute atomic E-state index is 0.207. The fourth-order valence-corrected chi connectivity index (χ4v) is 1.94. The van der Waals surface area contributed by atoms with E-state index in [1.165, 1.54) is 12.3 Å². The molecule has 0 radical (unpaired) electrons. The van der Waals surface area contributed by atoms with Crippen molar-refractivity contribution in [2.75, 3.05) is 6.61 Å². The van der Waals surface area contributed by atoms with E-state index in [0.29, 0.717) is 24.8 Å². The van der Waals surface area contributed by atoms with Crippen molar-refractivity contribution in [3.8, 4) is 5.88 Å². The molecule has 2 rings (SSSR count). The highest BCUT2D eigenvalue weighted by molar-refractivity contribution is 6.32. The number of ether oxygens (including phenoxy) is 1. The fourth-order valence-electron chi connectivity index (χ4n) is 1.72. The molecule has 1 unspecified atom stereocenters. The summed E-state index contributed by atoms with van der Waals surface area (Å²) in [4.78, 5) is 26.9. The van der Waals surface area contributed by atoms with Gasteiger partial charge in [0.05, 0.1) is 12.2 Å². The molecule has 1 heterocycles. The molecule has 6 nitrogen and oxygen atoms in total. The van der Waals surface area contributed by atoms with Crippen LogP contribution in [0.25, 0.3) is 0 Å². The van der Waals surface area contributed by atoms with E-state index in [0.717, 1.165) is 12.8 Å². The zero-order chi connectivity index (χ0) is 15.4. The maximum atomic E-state index is 11.9. The number of hydrogen-bond acceptors (Lipinski definition) is 4. The van der Waals surface area contributed by atoms with E-state index in [1.54, 1.807) is 6.92 Å². The van der Waals surface area contributed by atoms with Gasteiger partial charge in [0.1, 0.15) is 11.1 Å². The molecule has 0 aromatic carbocycles. The normalized spacial score (nSPS) is 15.3. The van der Waals surface area contributed by atoms with Gasteiger partial charge in [-0.2, -0.15) is 0 Å². The van der Waals surface area contributed by atoms with Gasteiger partial charge >= 0.3 is 5.97 Å². The highest BCUT2D eigenvalue weighted by Gasteiger charge is 2.23. The van der Waals surface area contributed by atoms with Gasteiger partial charge < -0.3 is 15.2 Å². The van der Waals surface area contributed by atoms with Crippen molar-refractivity contribution in [3.05, 3.63) is 22.8 Å². The third-order valence-electron chi connectivity index (χ3n) is 3.23. The number of rotatable bonds is 7. The number of hydrogen-bond donors (Lipinski definition) is 2. The Morgan fingerprint density at radius 2 is 2.29 bits per heavy atom. The Hall–Kier alpha value is -1.82. The average molecular weight is 313 g/mol. The summed E-state index contributed by atoms with van der Waals surface area (Å²) in [6.07, 6.45) is 3.94. The number of carboxylic acids is 1. The average Bonchev–Trinajstić information content (AvgIpc) is 3.26. The van der Waals surface area contributed by atoms with Crippen LogP contribution in [0.5, 0.6) is 5.88 Å². The van der Waals surface area contributed by atoms with Crippen molar-refractivity contribution in [1.29, 1.82) is 0 Å². The molecule has 114 valence electrons. The lowest BCUT2D eigenvalue weighted by Crippen LogP contribution is -2.40. The predicted molar refractivity (Wildman–Crippen MR) is 76.6 cm³/mol. The molecule has 0 bridgehead atoms. The van der Waals surface area contributed by atoms with E-state index in [-0.39, 0.29) is 10.6 Å². The van der Waals surface area contributed by atoms with Gasteiger partial charge in [-0.1, -0.05) is 18.5 Å². The lowest BCUT2D eigenvalue weighted by molar-refractivity contribution is -0.139. The number of amides is 1. The monoisotopic (exact) mass is 312 g/mol. The van der Waals surface area contributed by atoms with Crippen LogP contribution in [-0.2, 0) is 4.79 Å². The van der Waals surface area contributed by atoms with Crippen LogP contribution in [0.15, 0.2) is 12.3 Å². The summed E-state index contributed by atoms with van der Waals surface area (Å²) in [7, 11) is 0. The van der Waals surface area contributed by atoms with Gasteiger partial charge in [0.25, 0.3) is 5.91 Å². The zero-order valence-corrected chi connectivity index (χ0v) is 12.4. The molecule has 2 N–H and O–H groups in total. The van der Waals surface area contributed by atoms with Crippen molar-refractivity contribution < 1.29 is 19.4 Å². The fraction of sp³-hybridized carbons (Fsp3) is 0.500. The van der Waals surface area contributed by atoms with E-state index >= 15 is 0 Å². The maximum absolute atomic E-state index is 11.9. The molecule has 1 atom stereocenters. The topological polar surface area (TPSA) is 88.5 Å². The van der Waals surface area contributed by atoms with E-state index < -0.39 is 17.9 Å². The van der Waals surface area contributed by atoms with Gasteiger partial charge in [-0.3, -0.25) is 4.79 Å². The van der Waals surface area contributed by atoms with Crippen molar-refractivity contribution >= 4 is 23.5 Å². The van der Waals surface area contributed by atoms with Crippen LogP contribution < -0.4 is 10.1 Å². The number of aliphatic carboxylic acids is 1. The van der Waals surface area contributed by atoms with Gasteiger partial charge in [0.15, 0.2) is 0 Å². The summed E-state index contributed by atoms with van der Waals surface area (Å²) in [5.74, 6) is -0.723. The van der Waals surface area contributed by atoms with Gasteiger partial charge in [-0.15, -0.1) is 0 Å². The Labute approximate surface area is 127 Å². The standard InChI is InChI=1S/C14H17ClN2O4/c1-2-11(14(19)20)17-12(18)9-5-10(15)13(16-6-9)21-7-8-3-4-8/h5-6,8,11H,2-4,7H2,1H3,(H,17,18)(H,19,20). The smallest absolute Gasteiger partial charge is 0.326 e. The summed E-state index contributed by atoms with van der Waals surface area (Å²) in [5, 5.41) is 11.6. The Bertz CT molecular complexity index is 546. The van der Waals surface area contributed by atoms with Crippen LogP contribution >= 0.6 is 11.6 Å². The van der Waals surface area contributed by atoms with Crippen molar-refractivity contribution in [1.82, 2.24) is 10.3 Å². The van der Waals surface area contributed by atoms with E-state index in [9.17, 15) is 9.59 Å². The van der Waals surface area contributed by atoms with Crippen molar-refractivity contribution in [3.63, 3.8) is 0 Å². The number of nitrogens with zero attached hydrogens (tertiary/aromatic N) is 1. The van der Waals surface area contributed by atoms with Crippen LogP contribution in [0, 0.1) is 5.92 Å². The van der Waals surface area contributed by atoms with Crippen molar-refractivity contribution in [2.24, 2.45) is 5.92 Å². The Kier molecular flexibility index (Phi) is 5.01. The molecule has 1 aliphatic carbocycles. The van der Waals surface area contributed by atoms with E-state index in [4.69, 9.17) is 21.4 Å². The van der Waals surface area contributed by atoms with Gasteiger partial charge in [-0.25, -0.2) is 9.78 Å². The Balaban J connectivity index is 2.00. The van der Waals surface area contributed by atoms with E-state index in [2.05, 4.69) is 10.3 Å². The SMILES string of the molecule is CCC(NC(=O)c1cnc(OCC2CC2)c(Cl)c1)C(=O)O. The second-order valence-electron chi connectivity index (χ2n) is 5.04. The van der Waals surface area contributed by atoms with Crippen LogP contribution in [-0.4, -0.2) is 34.6 Å². The third kappa shape index (κ3) is 4.32. The summed E-state index contributed by atoms with van der Waals surface area (Å²) in [6, 6.07) is 0.503. The molecular weight excluding hydrogens is 296 g/mol. The van der Waals surface area contributed by atoms with Gasteiger partial charge in [0.2, 0.25) is 5.88 Å². The quantitative estimate of drug-likeness (QED) is 0.805. The second kappa shape index (κ2) is 6.76. The molecule has 7 heteroatoms. The molecular formula is C14H17ClN2O4. The Morgan fingerprint density at radius 3 is 2.81 bits per heavy atom. The highest BCUT2D eigenvalue weighted by Crippen LogP contribution is 2.31. The highest BCUT2D eigenvalue weighted by atomic mass is 35.5. The molecule has 21 heavy (non-hydrogen) atoms. The van der Waals surface area contributed by atoms with Crippen LogP contribution in [0.1, 0.15) is 36.5 Å². The lowest BCUT2D eigenvalue weighted by atomic mass is 10.2. The molecule has 1 aliphatic rings. The first-order chi connectivity index (χ1) is 10.0. The van der Waals surface area contributed by atoms with E-state index in [1.807, 2.05) is 0 Å². The molecule has 0 spiro atoms. The number of aromatic nitrogens is 1. The molecule has 1 aromatic rings. The Morgan fingerprint density at radius 1 is 1.57 bits per heavy atom. The summed E-state index contributed by atoms with van der Waals surface area (Å²) < 4.78 is 5.47. The van der Waals surface area contributed by atoms with Crippen LogP contribution in [0.2, 0.25) is 5.02 Å². The minimum atomic E-state index is -1.07. The largest absolute Gasteiger partial charge is 0.480 e. The number of halogens is 1. The second-order valence-corrected chi connectivity index (χ2v) is 5.45. The zero-order valence-electron chi connectivity index (χ0n) is 11.6. The molecule has 1 amide bonds. The first-order valence-corrected chi connectivity index (χ1v) is 7.21. The molecule has 0 aliphatic heterocycles.